The SMILES string of the molecule is Cc1ccc(C)c(SCC(=O)NC(=O)NCC(F)(F)F)c1. The minimum absolute atomic E-state index is 0.0519. The van der Waals surface area contributed by atoms with Gasteiger partial charge in [-0.05, 0) is 25.5 Å². The van der Waals surface area contributed by atoms with E-state index in [1.54, 1.807) is 5.32 Å². The van der Waals surface area contributed by atoms with E-state index in [1.165, 1.54) is 11.8 Å². The molecule has 0 aliphatic rings. The van der Waals surface area contributed by atoms with E-state index in [9.17, 15) is 22.8 Å². The first kappa shape index (κ1) is 17.4. The Labute approximate surface area is 124 Å². The van der Waals surface area contributed by atoms with Crippen LogP contribution in [0.2, 0.25) is 0 Å². The van der Waals surface area contributed by atoms with Crippen LogP contribution in [0.25, 0.3) is 0 Å². The standard InChI is InChI=1S/C13H15F3N2O2S/c1-8-3-4-9(2)10(5-8)21-6-11(19)18-12(20)17-7-13(14,15)16/h3-5H,6-7H2,1-2H3,(H2,17,18,19,20). The van der Waals surface area contributed by atoms with Crippen LogP contribution in [-0.2, 0) is 4.79 Å². The van der Waals surface area contributed by atoms with Crippen molar-refractivity contribution < 1.29 is 22.8 Å². The average Bonchev–Trinajstić information content (AvgIpc) is 2.37. The highest BCUT2D eigenvalue weighted by Gasteiger charge is 2.27. The number of aryl methyl sites for hydroxylation is 2. The molecule has 3 amide bonds. The summed E-state index contributed by atoms with van der Waals surface area (Å²) in [5.74, 6) is -0.704. The molecule has 116 valence electrons. The van der Waals surface area contributed by atoms with Crippen LogP contribution in [0.1, 0.15) is 11.1 Å². The van der Waals surface area contributed by atoms with E-state index in [0.29, 0.717) is 0 Å². The predicted molar refractivity (Wildman–Crippen MR) is 74.2 cm³/mol. The third-order valence-electron chi connectivity index (χ3n) is 2.40. The molecule has 1 aromatic carbocycles. The van der Waals surface area contributed by atoms with Crippen LogP contribution in [-0.4, -0.2) is 30.4 Å². The lowest BCUT2D eigenvalue weighted by Crippen LogP contribution is -2.43. The summed E-state index contributed by atoms with van der Waals surface area (Å²) in [7, 11) is 0. The van der Waals surface area contributed by atoms with Gasteiger partial charge in [-0.3, -0.25) is 10.1 Å². The highest BCUT2D eigenvalue weighted by molar-refractivity contribution is 8.00. The van der Waals surface area contributed by atoms with E-state index < -0.39 is 24.7 Å². The zero-order valence-electron chi connectivity index (χ0n) is 11.5. The van der Waals surface area contributed by atoms with E-state index in [1.807, 2.05) is 37.4 Å². The van der Waals surface area contributed by atoms with Gasteiger partial charge in [0.15, 0.2) is 0 Å². The van der Waals surface area contributed by atoms with Crippen molar-refractivity contribution in [3.05, 3.63) is 29.3 Å². The third kappa shape index (κ3) is 7.03. The lowest BCUT2D eigenvalue weighted by molar-refractivity contribution is -0.124. The first-order valence-electron chi connectivity index (χ1n) is 6.02. The summed E-state index contributed by atoms with van der Waals surface area (Å²) in [5.41, 5.74) is 2.02. The molecule has 0 aliphatic heterocycles. The Hall–Kier alpha value is -1.70. The maximum atomic E-state index is 11.9. The second-order valence-corrected chi connectivity index (χ2v) is 5.42. The maximum Gasteiger partial charge on any atom is 0.405 e. The fourth-order valence-corrected chi connectivity index (χ4v) is 2.32. The lowest BCUT2D eigenvalue weighted by Gasteiger charge is -2.09. The fourth-order valence-electron chi connectivity index (χ4n) is 1.39. The van der Waals surface area contributed by atoms with Gasteiger partial charge in [0.25, 0.3) is 0 Å². The van der Waals surface area contributed by atoms with Gasteiger partial charge in [-0.15, -0.1) is 11.8 Å². The first-order valence-corrected chi connectivity index (χ1v) is 7.00. The average molecular weight is 320 g/mol. The molecule has 0 bridgehead atoms. The number of carbonyl (C=O) groups excluding carboxylic acids is 2. The highest BCUT2D eigenvalue weighted by atomic mass is 32.2. The van der Waals surface area contributed by atoms with E-state index in [0.717, 1.165) is 16.0 Å². The molecule has 0 heterocycles. The molecule has 0 aliphatic carbocycles. The van der Waals surface area contributed by atoms with Crippen LogP contribution >= 0.6 is 11.8 Å². The second kappa shape index (κ2) is 7.35. The number of amides is 3. The Morgan fingerprint density at radius 2 is 1.90 bits per heavy atom. The number of imide groups is 1. The molecule has 1 aromatic rings. The van der Waals surface area contributed by atoms with Crippen molar-refractivity contribution in [2.45, 2.75) is 24.9 Å². The molecule has 0 aromatic heterocycles. The Balaban J connectivity index is 2.40. The van der Waals surface area contributed by atoms with Crippen LogP contribution < -0.4 is 10.6 Å². The van der Waals surface area contributed by atoms with Gasteiger partial charge in [-0.1, -0.05) is 17.7 Å². The number of urea groups is 1. The summed E-state index contributed by atoms with van der Waals surface area (Å²) in [6.07, 6.45) is -4.51. The quantitative estimate of drug-likeness (QED) is 0.839. The normalized spacial score (nSPS) is 11.1. The molecule has 21 heavy (non-hydrogen) atoms. The molecule has 4 nitrogen and oxygen atoms in total. The van der Waals surface area contributed by atoms with Gasteiger partial charge in [0.05, 0.1) is 5.75 Å². The molecule has 8 heteroatoms. The number of alkyl halides is 3. The Bertz CT molecular complexity index is 533. The summed E-state index contributed by atoms with van der Waals surface area (Å²) >= 11 is 1.22. The number of hydrogen-bond donors (Lipinski definition) is 2. The predicted octanol–water partition coefficient (Wildman–Crippen LogP) is 2.78. The zero-order chi connectivity index (χ0) is 16.0. The van der Waals surface area contributed by atoms with Gasteiger partial charge in [-0.25, -0.2) is 4.79 Å². The van der Waals surface area contributed by atoms with Crippen LogP contribution in [0.5, 0.6) is 0 Å². The molecule has 0 saturated carbocycles. The van der Waals surface area contributed by atoms with Crippen LogP contribution in [0.4, 0.5) is 18.0 Å². The molecular weight excluding hydrogens is 305 g/mol. The number of benzene rings is 1. The molecule has 0 spiro atoms. The molecule has 0 unspecified atom stereocenters. The molecule has 1 rings (SSSR count). The highest BCUT2D eigenvalue weighted by Crippen LogP contribution is 2.23. The molecule has 0 fully saturated rings. The van der Waals surface area contributed by atoms with Gasteiger partial charge in [-0.2, -0.15) is 13.2 Å². The largest absolute Gasteiger partial charge is 0.405 e. The van der Waals surface area contributed by atoms with Gasteiger partial charge in [0.2, 0.25) is 5.91 Å². The Morgan fingerprint density at radius 1 is 1.24 bits per heavy atom. The second-order valence-electron chi connectivity index (χ2n) is 4.40. The summed E-state index contributed by atoms with van der Waals surface area (Å²) < 4.78 is 35.6. The van der Waals surface area contributed by atoms with Crippen molar-refractivity contribution >= 4 is 23.7 Å². The summed E-state index contributed by atoms with van der Waals surface area (Å²) in [4.78, 5) is 23.4. The van der Waals surface area contributed by atoms with E-state index in [2.05, 4.69) is 0 Å². The number of rotatable bonds is 4. The van der Waals surface area contributed by atoms with Crippen LogP contribution in [0.3, 0.4) is 0 Å². The fraction of sp³-hybridized carbons (Fsp3) is 0.385. The van der Waals surface area contributed by atoms with Crippen molar-refractivity contribution in [2.75, 3.05) is 12.3 Å². The van der Waals surface area contributed by atoms with E-state index in [-0.39, 0.29) is 5.75 Å². The van der Waals surface area contributed by atoms with Crippen molar-refractivity contribution in [3.8, 4) is 0 Å². The minimum atomic E-state index is -4.51. The molecule has 0 atom stereocenters. The van der Waals surface area contributed by atoms with Gasteiger partial charge in [0, 0.05) is 4.90 Å². The van der Waals surface area contributed by atoms with Gasteiger partial charge in [0.1, 0.15) is 6.54 Å². The Morgan fingerprint density at radius 3 is 2.52 bits per heavy atom. The number of nitrogens with one attached hydrogen (secondary N) is 2. The van der Waals surface area contributed by atoms with Crippen molar-refractivity contribution in [1.82, 2.24) is 10.6 Å². The summed E-state index contributed by atoms with van der Waals surface area (Å²) in [6, 6.07) is 4.59. The lowest BCUT2D eigenvalue weighted by atomic mass is 10.2. The molecule has 0 saturated heterocycles. The number of thioether (sulfide) groups is 1. The zero-order valence-corrected chi connectivity index (χ0v) is 12.3. The van der Waals surface area contributed by atoms with Crippen molar-refractivity contribution in [1.29, 1.82) is 0 Å². The smallest absolute Gasteiger partial charge is 0.329 e. The van der Waals surface area contributed by atoms with E-state index >= 15 is 0 Å². The van der Waals surface area contributed by atoms with Crippen molar-refractivity contribution in [3.63, 3.8) is 0 Å². The van der Waals surface area contributed by atoms with Gasteiger partial charge >= 0.3 is 12.2 Å². The van der Waals surface area contributed by atoms with Crippen LogP contribution in [0.15, 0.2) is 23.1 Å². The minimum Gasteiger partial charge on any atom is -0.329 e. The molecular formula is C13H15F3N2O2S. The molecule has 0 radical (unpaired) electrons. The summed E-state index contributed by atoms with van der Waals surface area (Å²) in [5, 5.41) is 3.41. The summed E-state index contributed by atoms with van der Waals surface area (Å²) in [6.45, 7) is 2.32. The molecule has 2 N–H and O–H groups in total. The van der Waals surface area contributed by atoms with Crippen LogP contribution in [0, 0.1) is 13.8 Å². The van der Waals surface area contributed by atoms with Crippen molar-refractivity contribution in [2.24, 2.45) is 0 Å². The maximum absolute atomic E-state index is 11.9. The van der Waals surface area contributed by atoms with Gasteiger partial charge < -0.3 is 5.32 Å². The number of carbonyl (C=O) groups is 2. The number of hydrogen-bond acceptors (Lipinski definition) is 3. The third-order valence-corrected chi connectivity index (χ3v) is 3.56. The number of halogens is 3. The van der Waals surface area contributed by atoms with E-state index in [4.69, 9.17) is 0 Å². The first-order chi connectivity index (χ1) is 9.67. The monoisotopic (exact) mass is 320 g/mol. The Kier molecular flexibility index (Phi) is 6.07. The topological polar surface area (TPSA) is 58.2 Å².